The molecule has 0 saturated carbocycles. The van der Waals surface area contributed by atoms with Gasteiger partial charge in [0.1, 0.15) is 5.75 Å². The number of rotatable bonds is 3. The zero-order valence-corrected chi connectivity index (χ0v) is 12.9. The molecule has 0 aliphatic carbocycles. The summed E-state index contributed by atoms with van der Waals surface area (Å²) in [5.41, 5.74) is 2.79. The predicted molar refractivity (Wildman–Crippen MR) is 87.6 cm³/mol. The van der Waals surface area contributed by atoms with Crippen LogP contribution >= 0.6 is 23.2 Å². The number of hydrogen-bond donors (Lipinski definition) is 0. The number of aromatic nitrogens is 1. The van der Waals surface area contributed by atoms with E-state index in [2.05, 4.69) is 4.98 Å². The number of halogens is 2. The molecule has 106 valence electrons. The molecule has 3 aromatic rings. The molecule has 0 aliphatic rings. The third-order valence-electron chi connectivity index (χ3n) is 3.20. The second kappa shape index (κ2) is 5.92. The lowest BCUT2D eigenvalue weighted by Crippen LogP contribution is -1.95. The van der Waals surface area contributed by atoms with Crippen molar-refractivity contribution in [3.05, 3.63) is 64.7 Å². The Balaban J connectivity index is 2.06. The highest BCUT2D eigenvalue weighted by molar-refractivity contribution is 6.32. The molecular formula is C17H13Cl2NO. The van der Waals surface area contributed by atoms with Crippen LogP contribution in [-0.2, 0) is 5.88 Å². The van der Waals surface area contributed by atoms with Crippen molar-refractivity contribution >= 4 is 34.1 Å². The molecule has 0 atom stereocenters. The molecule has 3 rings (SSSR count). The molecule has 2 aromatic carbocycles. The Morgan fingerprint density at radius 2 is 1.90 bits per heavy atom. The second-order valence-electron chi connectivity index (χ2n) is 4.81. The molecular weight excluding hydrogens is 305 g/mol. The lowest BCUT2D eigenvalue weighted by atomic mass is 10.1. The third kappa shape index (κ3) is 2.97. The first-order valence-electron chi connectivity index (χ1n) is 6.56. The SMILES string of the molecule is Cc1ccc(Oc2nc3ccccc3cc2CCl)c(Cl)c1. The fourth-order valence-electron chi connectivity index (χ4n) is 2.12. The monoisotopic (exact) mass is 317 g/mol. The van der Waals surface area contributed by atoms with Gasteiger partial charge in [-0.15, -0.1) is 11.6 Å². The summed E-state index contributed by atoms with van der Waals surface area (Å²) < 4.78 is 5.87. The van der Waals surface area contributed by atoms with Crippen LogP contribution in [0.2, 0.25) is 5.02 Å². The predicted octanol–water partition coefficient (Wildman–Crippen LogP) is 5.73. The third-order valence-corrected chi connectivity index (χ3v) is 3.78. The molecule has 4 heteroatoms. The Labute approximate surface area is 133 Å². The topological polar surface area (TPSA) is 22.1 Å². The Morgan fingerprint density at radius 3 is 2.67 bits per heavy atom. The van der Waals surface area contributed by atoms with Crippen molar-refractivity contribution in [2.75, 3.05) is 0 Å². The Bertz CT molecular complexity index is 802. The number of fused-ring (bicyclic) bond motifs is 1. The van der Waals surface area contributed by atoms with E-state index in [1.54, 1.807) is 0 Å². The van der Waals surface area contributed by atoms with Gasteiger partial charge in [0.05, 0.1) is 16.4 Å². The Kier molecular flexibility index (Phi) is 4.00. The van der Waals surface area contributed by atoms with Crippen molar-refractivity contribution in [1.82, 2.24) is 4.98 Å². The molecule has 0 aliphatic heterocycles. The number of pyridine rings is 1. The first kappa shape index (κ1) is 14.2. The van der Waals surface area contributed by atoms with E-state index in [0.29, 0.717) is 22.5 Å². The van der Waals surface area contributed by atoms with Crippen LogP contribution in [0.4, 0.5) is 0 Å². The summed E-state index contributed by atoms with van der Waals surface area (Å²) in [6, 6.07) is 15.5. The molecule has 0 saturated heterocycles. The number of alkyl halides is 1. The summed E-state index contributed by atoms with van der Waals surface area (Å²) in [7, 11) is 0. The highest BCUT2D eigenvalue weighted by Crippen LogP contribution is 2.32. The van der Waals surface area contributed by atoms with E-state index in [1.807, 2.05) is 55.5 Å². The second-order valence-corrected chi connectivity index (χ2v) is 5.49. The van der Waals surface area contributed by atoms with Crippen LogP contribution < -0.4 is 4.74 Å². The van der Waals surface area contributed by atoms with Crippen LogP contribution in [0.3, 0.4) is 0 Å². The summed E-state index contributed by atoms with van der Waals surface area (Å²) >= 11 is 12.2. The van der Waals surface area contributed by atoms with Gasteiger partial charge in [-0.05, 0) is 36.8 Å². The van der Waals surface area contributed by atoms with Crippen molar-refractivity contribution in [3.8, 4) is 11.6 Å². The summed E-state index contributed by atoms with van der Waals surface area (Å²) in [4.78, 5) is 4.54. The maximum Gasteiger partial charge on any atom is 0.224 e. The number of nitrogens with zero attached hydrogens (tertiary/aromatic N) is 1. The minimum Gasteiger partial charge on any atom is -0.437 e. The fourth-order valence-corrected chi connectivity index (χ4v) is 2.58. The van der Waals surface area contributed by atoms with Gasteiger partial charge in [-0.1, -0.05) is 35.9 Å². The number of hydrogen-bond acceptors (Lipinski definition) is 2. The lowest BCUT2D eigenvalue weighted by Gasteiger charge is -2.11. The molecule has 2 nitrogen and oxygen atoms in total. The van der Waals surface area contributed by atoms with Gasteiger partial charge in [-0.25, -0.2) is 4.98 Å². The number of ether oxygens (including phenoxy) is 1. The minimum atomic E-state index is 0.330. The minimum absolute atomic E-state index is 0.330. The summed E-state index contributed by atoms with van der Waals surface area (Å²) in [6.07, 6.45) is 0. The van der Waals surface area contributed by atoms with Crippen LogP contribution in [0.15, 0.2) is 48.5 Å². The van der Waals surface area contributed by atoms with Gasteiger partial charge < -0.3 is 4.74 Å². The van der Waals surface area contributed by atoms with Gasteiger partial charge in [0, 0.05) is 10.9 Å². The summed E-state index contributed by atoms with van der Waals surface area (Å²) in [5.74, 6) is 1.40. The van der Waals surface area contributed by atoms with Gasteiger partial charge in [0.25, 0.3) is 0 Å². The molecule has 0 fully saturated rings. The average Bonchev–Trinajstić information content (AvgIpc) is 2.49. The zero-order valence-electron chi connectivity index (χ0n) is 11.4. The zero-order chi connectivity index (χ0) is 14.8. The molecule has 0 unspecified atom stereocenters. The molecule has 0 bridgehead atoms. The standard InChI is InChI=1S/C17H13Cl2NO/c1-11-6-7-16(14(19)8-11)21-17-13(10-18)9-12-4-2-3-5-15(12)20-17/h2-9H,10H2,1H3. The van der Waals surface area contributed by atoms with Crippen molar-refractivity contribution in [2.45, 2.75) is 12.8 Å². The van der Waals surface area contributed by atoms with Gasteiger partial charge in [0.2, 0.25) is 5.88 Å². The Hall–Kier alpha value is -1.77. The van der Waals surface area contributed by atoms with Crippen molar-refractivity contribution in [1.29, 1.82) is 0 Å². The van der Waals surface area contributed by atoms with E-state index >= 15 is 0 Å². The smallest absolute Gasteiger partial charge is 0.224 e. The van der Waals surface area contributed by atoms with Gasteiger partial charge in [-0.2, -0.15) is 0 Å². The van der Waals surface area contributed by atoms with Crippen LogP contribution in [0, 0.1) is 6.92 Å². The summed E-state index contributed by atoms with van der Waals surface area (Å²) in [6.45, 7) is 1.98. The first-order chi connectivity index (χ1) is 10.2. The van der Waals surface area contributed by atoms with Crippen molar-refractivity contribution in [2.24, 2.45) is 0 Å². The van der Waals surface area contributed by atoms with Gasteiger partial charge in [0.15, 0.2) is 0 Å². The first-order valence-corrected chi connectivity index (χ1v) is 7.47. The van der Waals surface area contributed by atoms with E-state index in [-0.39, 0.29) is 0 Å². The number of aryl methyl sites for hydroxylation is 1. The fraction of sp³-hybridized carbons (Fsp3) is 0.118. The van der Waals surface area contributed by atoms with Crippen LogP contribution in [-0.4, -0.2) is 4.98 Å². The highest BCUT2D eigenvalue weighted by Gasteiger charge is 2.10. The molecule has 0 radical (unpaired) electrons. The molecule has 1 heterocycles. The van der Waals surface area contributed by atoms with Crippen molar-refractivity contribution < 1.29 is 4.74 Å². The van der Waals surface area contributed by atoms with E-state index in [9.17, 15) is 0 Å². The molecule has 1 aromatic heterocycles. The normalized spacial score (nSPS) is 10.8. The highest BCUT2D eigenvalue weighted by atomic mass is 35.5. The lowest BCUT2D eigenvalue weighted by molar-refractivity contribution is 0.460. The molecule has 0 amide bonds. The number of para-hydroxylation sites is 1. The maximum atomic E-state index is 6.21. The van der Waals surface area contributed by atoms with E-state index in [1.165, 1.54) is 0 Å². The van der Waals surface area contributed by atoms with E-state index < -0.39 is 0 Å². The van der Waals surface area contributed by atoms with Crippen LogP contribution in [0.5, 0.6) is 11.6 Å². The Morgan fingerprint density at radius 1 is 1.10 bits per heavy atom. The van der Waals surface area contributed by atoms with Crippen LogP contribution in [0.25, 0.3) is 10.9 Å². The quantitative estimate of drug-likeness (QED) is 0.576. The van der Waals surface area contributed by atoms with Crippen molar-refractivity contribution in [3.63, 3.8) is 0 Å². The average molecular weight is 318 g/mol. The van der Waals surface area contributed by atoms with E-state index in [4.69, 9.17) is 27.9 Å². The largest absolute Gasteiger partial charge is 0.437 e. The number of benzene rings is 2. The summed E-state index contributed by atoms with van der Waals surface area (Å²) in [5, 5.41) is 1.60. The van der Waals surface area contributed by atoms with Crippen LogP contribution in [0.1, 0.15) is 11.1 Å². The molecule has 0 spiro atoms. The van der Waals surface area contributed by atoms with Gasteiger partial charge in [-0.3, -0.25) is 0 Å². The molecule has 0 N–H and O–H groups in total. The molecule has 21 heavy (non-hydrogen) atoms. The van der Waals surface area contributed by atoms with Gasteiger partial charge >= 0.3 is 0 Å². The maximum absolute atomic E-state index is 6.21. The van der Waals surface area contributed by atoms with E-state index in [0.717, 1.165) is 22.0 Å².